The highest BCUT2D eigenvalue weighted by atomic mass is 79.9. The molecule has 2 aromatic heterocycles. The summed E-state index contributed by atoms with van der Waals surface area (Å²) < 4.78 is 37.3. The normalized spacial score (nSPS) is 11.7. The van der Waals surface area contributed by atoms with E-state index in [2.05, 4.69) is 26.3 Å². The minimum Gasteiger partial charge on any atom is -0.379 e. The van der Waals surface area contributed by atoms with E-state index in [4.69, 9.17) is 0 Å². The lowest BCUT2D eigenvalue weighted by atomic mass is 10.2. The van der Waals surface area contributed by atoms with Gasteiger partial charge in [-0.05, 0) is 44.7 Å². The van der Waals surface area contributed by atoms with Crippen LogP contribution in [0, 0.1) is 6.92 Å². The number of alkyl halides is 3. The molecule has 0 fully saturated rings. The van der Waals surface area contributed by atoms with Crippen molar-refractivity contribution in [3.63, 3.8) is 0 Å². The molecular weight excluding hydrogens is 371 g/mol. The molecule has 0 radical (unpaired) electrons. The molecule has 0 aliphatic rings. The highest BCUT2D eigenvalue weighted by Gasteiger charge is 2.29. The average molecular weight is 382 g/mol. The number of anilines is 1. The van der Waals surface area contributed by atoms with E-state index in [-0.39, 0.29) is 4.47 Å². The Balaban J connectivity index is 2.17. The second-order valence-corrected chi connectivity index (χ2v) is 5.92. The van der Waals surface area contributed by atoms with E-state index in [0.717, 1.165) is 11.1 Å². The van der Waals surface area contributed by atoms with Crippen molar-refractivity contribution >= 4 is 33.0 Å². The van der Waals surface area contributed by atoms with Crippen LogP contribution in [-0.4, -0.2) is 16.0 Å². The fourth-order valence-corrected chi connectivity index (χ4v) is 2.93. The molecule has 9 heteroatoms. The van der Waals surface area contributed by atoms with Gasteiger partial charge in [0.2, 0.25) is 0 Å². The van der Waals surface area contributed by atoms with Crippen LogP contribution in [0.5, 0.6) is 0 Å². The Morgan fingerprint density at radius 3 is 2.71 bits per heavy atom. The van der Waals surface area contributed by atoms with E-state index < -0.39 is 18.3 Å². The summed E-state index contributed by atoms with van der Waals surface area (Å²) in [4.78, 5) is 11.8. The van der Waals surface area contributed by atoms with E-state index in [1.807, 2.05) is 17.7 Å². The number of aryl methyl sites for hydroxylation is 1. The van der Waals surface area contributed by atoms with Crippen molar-refractivity contribution in [1.29, 1.82) is 0 Å². The fourth-order valence-electron chi connectivity index (χ4n) is 1.63. The van der Waals surface area contributed by atoms with Crippen molar-refractivity contribution < 1.29 is 13.2 Å². The first kappa shape index (κ1) is 16.0. The molecule has 0 unspecified atom stereocenters. The molecule has 4 nitrogen and oxygen atoms in total. The first-order valence-electron chi connectivity index (χ1n) is 5.86. The molecule has 0 aromatic carbocycles. The highest BCUT2D eigenvalue weighted by molar-refractivity contribution is 9.10. The number of rotatable bonds is 4. The molecule has 0 aliphatic carbocycles. The van der Waals surface area contributed by atoms with Crippen LogP contribution in [0.2, 0.25) is 0 Å². The molecule has 1 N–H and O–H groups in total. The Morgan fingerprint density at radius 2 is 2.14 bits per heavy atom. The van der Waals surface area contributed by atoms with Gasteiger partial charge < -0.3 is 5.32 Å². The topological polar surface area (TPSA) is 46.9 Å². The zero-order valence-corrected chi connectivity index (χ0v) is 13.3. The highest BCUT2D eigenvalue weighted by Crippen LogP contribution is 2.21. The molecule has 114 valence electrons. The van der Waals surface area contributed by atoms with Crippen LogP contribution in [0.4, 0.5) is 18.9 Å². The fraction of sp³-hybridized carbons (Fsp3) is 0.333. The maximum Gasteiger partial charge on any atom is 0.408 e. The monoisotopic (exact) mass is 381 g/mol. The number of hydrogen-bond donors (Lipinski definition) is 1. The molecular formula is C12H11BrF3N3OS. The largest absolute Gasteiger partial charge is 0.408 e. The number of hydrogen-bond acceptors (Lipinski definition) is 4. The van der Waals surface area contributed by atoms with Gasteiger partial charge in [0.25, 0.3) is 5.56 Å². The molecule has 0 amide bonds. The van der Waals surface area contributed by atoms with Gasteiger partial charge in [0.05, 0.1) is 11.9 Å². The summed E-state index contributed by atoms with van der Waals surface area (Å²) in [6, 6.07) is 0. The van der Waals surface area contributed by atoms with Crippen molar-refractivity contribution in [2.24, 2.45) is 0 Å². The second kappa shape index (κ2) is 6.18. The molecule has 2 aromatic rings. The standard InChI is InChI=1S/C12H11BrF3N3OS/c1-7-4-21-5-8(7)2-17-9-3-18-19(6-12(14,15)16)11(20)10(9)13/h3-5,17H,2,6H2,1H3. The van der Waals surface area contributed by atoms with E-state index in [1.54, 1.807) is 11.3 Å². The van der Waals surface area contributed by atoms with Crippen molar-refractivity contribution in [2.75, 3.05) is 5.32 Å². The van der Waals surface area contributed by atoms with Crippen LogP contribution < -0.4 is 10.9 Å². The number of nitrogens with one attached hydrogen (secondary N) is 1. The average Bonchev–Trinajstić information content (AvgIpc) is 2.78. The third-order valence-electron chi connectivity index (χ3n) is 2.74. The third kappa shape index (κ3) is 4.07. The quantitative estimate of drug-likeness (QED) is 0.880. The van der Waals surface area contributed by atoms with Gasteiger partial charge in [-0.2, -0.15) is 29.6 Å². The zero-order valence-electron chi connectivity index (χ0n) is 10.9. The lowest BCUT2D eigenvalue weighted by Gasteiger charge is -2.11. The predicted octanol–water partition coefficient (Wildman–Crippen LogP) is 3.55. The van der Waals surface area contributed by atoms with Gasteiger partial charge in [-0.15, -0.1) is 0 Å². The summed E-state index contributed by atoms with van der Waals surface area (Å²) in [6.07, 6.45) is -3.28. The van der Waals surface area contributed by atoms with Crippen LogP contribution in [0.1, 0.15) is 11.1 Å². The van der Waals surface area contributed by atoms with Crippen LogP contribution in [0.25, 0.3) is 0 Å². The summed E-state index contributed by atoms with van der Waals surface area (Å²) in [5, 5.41) is 10.5. The van der Waals surface area contributed by atoms with Gasteiger partial charge in [-0.3, -0.25) is 4.79 Å². The first-order valence-corrected chi connectivity index (χ1v) is 7.59. The summed E-state index contributed by atoms with van der Waals surface area (Å²) in [5.74, 6) is 0. The Morgan fingerprint density at radius 1 is 1.43 bits per heavy atom. The van der Waals surface area contributed by atoms with Crippen LogP contribution in [-0.2, 0) is 13.1 Å². The first-order chi connectivity index (χ1) is 9.78. The summed E-state index contributed by atoms with van der Waals surface area (Å²) in [7, 11) is 0. The van der Waals surface area contributed by atoms with Gasteiger partial charge in [0, 0.05) is 6.54 Å². The van der Waals surface area contributed by atoms with Crippen molar-refractivity contribution in [1.82, 2.24) is 9.78 Å². The molecule has 0 bridgehead atoms. The van der Waals surface area contributed by atoms with Crippen molar-refractivity contribution in [2.45, 2.75) is 26.2 Å². The van der Waals surface area contributed by atoms with Crippen LogP contribution in [0.3, 0.4) is 0 Å². The van der Waals surface area contributed by atoms with Crippen molar-refractivity contribution in [3.05, 3.63) is 42.9 Å². The number of thiophene rings is 1. The second-order valence-electron chi connectivity index (χ2n) is 4.38. The van der Waals surface area contributed by atoms with E-state index in [9.17, 15) is 18.0 Å². The van der Waals surface area contributed by atoms with Gasteiger partial charge in [0.15, 0.2) is 0 Å². The molecule has 0 spiro atoms. The van der Waals surface area contributed by atoms with E-state index in [1.165, 1.54) is 6.20 Å². The minimum atomic E-state index is -4.49. The Hall–Kier alpha value is -1.35. The van der Waals surface area contributed by atoms with Gasteiger partial charge in [0.1, 0.15) is 11.0 Å². The number of nitrogens with zero attached hydrogens (tertiary/aromatic N) is 2. The van der Waals surface area contributed by atoms with Crippen molar-refractivity contribution in [3.8, 4) is 0 Å². The van der Waals surface area contributed by atoms with Gasteiger partial charge in [-0.1, -0.05) is 0 Å². The van der Waals surface area contributed by atoms with Gasteiger partial charge >= 0.3 is 6.18 Å². The molecule has 2 rings (SSSR count). The minimum absolute atomic E-state index is 0.0367. The number of aromatic nitrogens is 2. The van der Waals surface area contributed by atoms with Gasteiger partial charge in [-0.25, -0.2) is 4.68 Å². The maximum atomic E-state index is 12.3. The molecule has 0 aliphatic heterocycles. The summed E-state index contributed by atoms with van der Waals surface area (Å²) in [5.41, 5.74) is 1.72. The lowest BCUT2D eigenvalue weighted by molar-refractivity contribution is -0.143. The Bertz CT molecular complexity index is 696. The Kier molecular flexibility index (Phi) is 4.72. The smallest absolute Gasteiger partial charge is 0.379 e. The molecule has 21 heavy (non-hydrogen) atoms. The zero-order chi connectivity index (χ0) is 15.6. The SMILES string of the molecule is Cc1cscc1CNc1cnn(CC(F)(F)F)c(=O)c1Br. The third-order valence-corrected chi connectivity index (χ3v) is 4.42. The molecule has 0 saturated heterocycles. The predicted molar refractivity (Wildman–Crippen MR) is 78.6 cm³/mol. The molecule has 2 heterocycles. The maximum absolute atomic E-state index is 12.3. The van der Waals surface area contributed by atoms with E-state index in [0.29, 0.717) is 16.9 Å². The summed E-state index contributed by atoms with van der Waals surface area (Å²) in [6.45, 7) is 1.02. The van der Waals surface area contributed by atoms with Crippen LogP contribution in [0.15, 0.2) is 26.2 Å². The summed E-state index contributed by atoms with van der Waals surface area (Å²) >= 11 is 4.58. The number of halogens is 4. The Labute approximate surface area is 130 Å². The molecule has 0 atom stereocenters. The lowest BCUT2D eigenvalue weighted by Crippen LogP contribution is -2.31. The van der Waals surface area contributed by atoms with Crippen LogP contribution >= 0.6 is 27.3 Å². The molecule has 0 saturated carbocycles. The van der Waals surface area contributed by atoms with E-state index >= 15 is 0 Å².